The number of benzene rings is 1. The molecular weight excluding hydrogens is 322 g/mol. The third-order valence-electron chi connectivity index (χ3n) is 3.57. The highest BCUT2D eigenvalue weighted by Gasteiger charge is 2.20. The quantitative estimate of drug-likeness (QED) is 0.517. The van der Waals surface area contributed by atoms with Crippen LogP contribution in [0.15, 0.2) is 30.3 Å². The number of ether oxygens (including phenoxy) is 2. The molecule has 138 valence electrons. The van der Waals surface area contributed by atoms with Crippen LogP contribution in [-0.2, 0) is 14.3 Å². The van der Waals surface area contributed by atoms with Gasteiger partial charge in [0.2, 0.25) is 5.91 Å². The van der Waals surface area contributed by atoms with E-state index in [1.54, 1.807) is 13.0 Å². The highest BCUT2D eigenvalue weighted by Crippen LogP contribution is 2.19. The largest absolute Gasteiger partial charge is 0.493 e. The first-order valence-electron chi connectivity index (χ1n) is 8.41. The van der Waals surface area contributed by atoms with E-state index in [1.165, 1.54) is 18.1 Å². The molecule has 0 saturated carbocycles. The van der Waals surface area contributed by atoms with Gasteiger partial charge in [-0.25, -0.2) is 0 Å². The third kappa shape index (κ3) is 6.97. The van der Waals surface area contributed by atoms with Gasteiger partial charge < -0.3 is 19.5 Å². The molecule has 1 N–H and O–H groups in total. The molecule has 0 saturated heterocycles. The molecule has 1 atom stereocenters. The molecule has 0 radical (unpaired) electrons. The van der Waals surface area contributed by atoms with Crippen LogP contribution in [0.4, 0.5) is 0 Å². The van der Waals surface area contributed by atoms with Gasteiger partial charge in [-0.15, -0.1) is 0 Å². The van der Waals surface area contributed by atoms with Crippen LogP contribution in [0.3, 0.4) is 0 Å². The van der Waals surface area contributed by atoms with E-state index >= 15 is 0 Å². The fourth-order valence-electron chi connectivity index (χ4n) is 2.25. The van der Waals surface area contributed by atoms with Gasteiger partial charge in [-0.05, 0) is 18.6 Å². The first kappa shape index (κ1) is 20.7. The molecule has 1 aromatic rings. The molecule has 0 spiro atoms. The SMILES string of the molecule is CCCOc1ccccc1/C=C/C(=O)N(CCO)CC(C)C(=O)OC. The van der Waals surface area contributed by atoms with Crippen molar-refractivity contribution in [2.24, 2.45) is 5.92 Å². The molecule has 0 bridgehead atoms. The van der Waals surface area contributed by atoms with Crippen molar-refractivity contribution in [3.05, 3.63) is 35.9 Å². The second-order valence-corrected chi connectivity index (χ2v) is 5.65. The molecule has 0 aliphatic heterocycles. The number of rotatable bonds is 10. The Bertz CT molecular complexity index is 585. The standard InChI is InChI=1S/C19H27NO5/c1-4-13-25-17-8-6-5-7-16(17)9-10-18(22)20(11-12-21)14-15(2)19(23)24-3/h5-10,15,21H,4,11-14H2,1-3H3/b10-9+. The van der Waals surface area contributed by atoms with Crippen LogP contribution < -0.4 is 4.74 Å². The van der Waals surface area contributed by atoms with Gasteiger partial charge in [-0.3, -0.25) is 9.59 Å². The maximum Gasteiger partial charge on any atom is 0.310 e. The molecule has 0 aliphatic rings. The second-order valence-electron chi connectivity index (χ2n) is 5.65. The molecule has 1 rings (SSSR count). The molecule has 0 aliphatic carbocycles. The predicted molar refractivity (Wildman–Crippen MR) is 96.1 cm³/mol. The lowest BCUT2D eigenvalue weighted by Crippen LogP contribution is -2.38. The van der Waals surface area contributed by atoms with Crippen molar-refractivity contribution in [2.45, 2.75) is 20.3 Å². The normalized spacial score (nSPS) is 12.0. The van der Waals surface area contributed by atoms with E-state index < -0.39 is 11.9 Å². The average molecular weight is 349 g/mol. The molecule has 0 fully saturated rings. The van der Waals surface area contributed by atoms with E-state index in [0.29, 0.717) is 12.4 Å². The van der Waals surface area contributed by atoms with Crippen LogP contribution in [0.5, 0.6) is 5.75 Å². The van der Waals surface area contributed by atoms with E-state index in [-0.39, 0.29) is 25.6 Å². The summed E-state index contributed by atoms with van der Waals surface area (Å²) < 4.78 is 10.3. The number of nitrogens with zero attached hydrogens (tertiary/aromatic N) is 1. The van der Waals surface area contributed by atoms with E-state index in [0.717, 1.165) is 12.0 Å². The Hall–Kier alpha value is -2.34. The Balaban J connectivity index is 2.82. The van der Waals surface area contributed by atoms with Gasteiger partial charge in [0.25, 0.3) is 0 Å². The lowest BCUT2D eigenvalue weighted by molar-refractivity contribution is -0.146. The summed E-state index contributed by atoms with van der Waals surface area (Å²) in [6.07, 6.45) is 4.00. The smallest absolute Gasteiger partial charge is 0.310 e. The number of aliphatic hydroxyl groups excluding tert-OH is 1. The molecule has 0 aromatic heterocycles. The van der Waals surface area contributed by atoms with Gasteiger partial charge in [0, 0.05) is 24.7 Å². The van der Waals surface area contributed by atoms with Crippen molar-refractivity contribution in [2.75, 3.05) is 33.4 Å². The van der Waals surface area contributed by atoms with Gasteiger partial charge in [0.05, 0.1) is 26.2 Å². The summed E-state index contributed by atoms with van der Waals surface area (Å²) in [6.45, 7) is 4.47. The van der Waals surface area contributed by atoms with Crippen LogP contribution in [0.25, 0.3) is 6.08 Å². The number of hydrogen-bond acceptors (Lipinski definition) is 5. The zero-order valence-corrected chi connectivity index (χ0v) is 15.1. The number of hydrogen-bond donors (Lipinski definition) is 1. The van der Waals surface area contributed by atoms with E-state index in [1.807, 2.05) is 31.2 Å². The number of esters is 1. The van der Waals surface area contributed by atoms with Gasteiger partial charge in [0.15, 0.2) is 0 Å². The highest BCUT2D eigenvalue weighted by molar-refractivity contribution is 5.92. The Morgan fingerprint density at radius 2 is 2.04 bits per heavy atom. The molecule has 25 heavy (non-hydrogen) atoms. The summed E-state index contributed by atoms with van der Waals surface area (Å²) >= 11 is 0. The first-order chi connectivity index (χ1) is 12.0. The third-order valence-corrected chi connectivity index (χ3v) is 3.57. The summed E-state index contributed by atoms with van der Waals surface area (Å²) in [4.78, 5) is 25.4. The van der Waals surface area contributed by atoms with Crippen molar-refractivity contribution >= 4 is 18.0 Å². The van der Waals surface area contributed by atoms with Crippen molar-refractivity contribution in [3.63, 3.8) is 0 Å². The zero-order valence-electron chi connectivity index (χ0n) is 15.1. The van der Waals surface area contributed by atoms with Crippen molar-refractivity contribution < 1.29 is 24.2 Å². The Morgan fingerprint density at radius 3 is 2.68 bits per heavy atom. The minimum atomic E-state index is -0.464. The molecule has 1 amide bonds. The zero-order chi connectivity index (χ0) is 18.7. The summed E-state index contributed by atoms with van der Waals surface area (Å²) in [7, 11) is 1.31. The highest BCUT2D eigenvalue weighted by atomic mass is 16.5. The van der Waals surface area contributed by atoms with Crippen LogP contribution in [0.1, 0.15) is 25.8 Å². The topological polar surface area (TPSA) is 76.1 Å². The van der Waals surface area contributed by atoms with Crippen molar-refractivity contribution in [1.82, 2.24) is 4.90 Å². The first-order valence-corrected chi connectivity index (χ1v) is 8.41. The summed E-state index contributed by atoms with van der Waals surface area (Å²) in [6, 6.07) is 7.46. The maximum absolute atomic E-state index is 12.4. The van der Waals surface area contributed by atoms with Crippen molar-refractivity contribution in [3.8, 4) is 5.75 Å². The van der Waals surface area contributed by atoms with Crippen LogP contribution >= 0.6 is 0 Å². The number of aliphatic hydroxyl groups is 1. The predicted octanol–water partition coefficient (Wildman–Crippen LogP) is 2.12. The number of amides is 1. The lowest BCUT2D eigenvalue weighted by Gasteiger charge is -2.23. The summed E-state index contributed by atoms with van der Waals surface area (Å²) in [5.41, 5.74) is 0.800. The van der Waals surface area contributed by atoms with Gasteiger partial charge in [-0.1, -0.05) is 32.0 Å². The molecule has 6 heteroatoms. The van der Waals surface area contributed by atoms with Crippen LogP contribution in [0.2, 0.25) is 0 Å². The maximum atomic E-state index is 12.4. The monoisotopic (exact) mass is 349 g/mol. The fraction of sp³-hybridized carbons (Fsp3) is 0.474. The summed E-state index contributed by atoms with van der Waals surface area (Å²) in [5.74, 6) is -0.424. The van der Waals surface area contributed by atoms with Crippen LogP contribution in [0, 0.1) is 5.92 Å². The van der Waals surface area contributed by atoms with Gasteiger partial charge >= 0.3 is 5.97 Å². The Labute approximate surface area is 149 Å². The van der Waals surface area contributed by atoms with E-state index in [4.69, 9.17) is 9.84 Å². The number of carbonyl (C=O) groups excluding carboxylic acids is 2. The molecular formula is C19H27NO5. The second kappa shape index (κ2) is 11.3. The molecule has 0 heterocycles. The molecule has 1 unspecified atom stereocenters. The number of para-hydroxylation sites is 1. The van der Waals surface area contributed by atoms with Crippen LogP contribution in [-0.4, -0.2) is 55.3 Å². The molecule has 6 nitrogen and oxygen atoms in total. The average Bonchev–Trinajstić information content (AvgIpc) is 2.63. The van der Waals surface area contributed by atoms with E-state index in [2.05, 4.69) is 4.74 Å². The van der Waals surface area contributed by atoms with Gasteiger partial charge in [-0.2, -0.15) is 0 Å². The minimum Gasteiger partial charge on any atom is -0.493 e. The fourth-order valence-corrected chi connectivity index (χ4v) is 2.25. The number of carbonyl (C=O) groups is 2. The van der Waals surface area contributed by atoms with E-state index in [9.17, 15) is 9.59 Å². The number of methoxy groups -OCH3 is 1. The minimum absolute atomic E-state index is 0.151. The van der Waals surface area contributed by atoms with Gasteiger partial charge in [0.1, 0.15) is 5.75 Å². The Morgan fingerprint density at radius 1 is 1.32 bits per heavy atom. The van der Waals surface area contributed by atoms with Crippen molar-refractivity contribution in [1.29, 1.82) is 0 Å². The Kier molecular flexibility index (Phi) is 9.32. The molecule has 1 aromatic carbocycles. The lowest BCUT2D eigenvalue weighted by atomic mass is 10.1. The summed E-state index contributed by atoms with van der Waals surface area (Å²) in [5, 5.41) is 9.17.